The molecule has 0 saturated carbocycles. The van der Waals surface area contributed by atoms with Crippen LogP contribution in [0, 0.1) is 10.1 Å². The van der Waals surface area contributed by atoms with Gasteiger partial charge in [-0.1, -0.05) is 0 Å². The maximum absolute atomic E-state index is 10.8. The van der Waals surface area contributed by atoms with Crippen molar-refractivity contribution >= 4 is 11.7 Å². The van der Waals surface area contributed by atoms with E-state index in [4.69, 9.17) is 5.11 Å². The van der Waals surface area contributed by atoms with Crippen LogP contribution in [0.1, 0.15) is 10.4 Å². The van der Waals surface area contributed by atoms with Gasteiger partial charge in [-0.25, -0.2) is 4.79 Å². The van der Waals surface area contributed by atoms with Crippen LogP contribution in [0.5, 0.6) is 0 Å². The summed E-state index contributed by atoms with van der Waals surface area (Å²) in [6, 6.07) is 7.31. The van der Waals surface area contributed by atoms with Crippen LogP contribution in [0.25, 0.3) is 11.1 Å². The van der Waals surface area contributed by atoms with Gasteiger partial charge in [-0.15, -0.1) is 0 Å². The zero-order valence-corrected chi connectivity index (χ0v) is 9.11. The van der Waals surface area contributed by atoms with Gasteiger partial charge in [-0.3, -0.25) is 15.1 Å². The molecule has 0 bridgehead atoms. The number of pyridine rings is 1. The van der Waals surface area contributed by atoms with Gasteiger partial charge in [0.05, 0.1) is 10.5 Å². The standard InChI is InChI=1S/C12H8N2O4/c15-12(16)10-5-9(6-13-7-10)8-1-3-11(4-2-8)14(17)18/h1-7H,(H,15,16). The zero-order chi connectivity index (χ0) is 13.1. The van der Waals surface area contributed by atoms with E-state index in [0.717, 1.165) is 0 Å². The Kier molecular flexibility index (Phi) is 3.01. The number of non-ortho nitro benzene ring substituents is 1. The van der Waals surface area contributed by atoms with Gasteiger partial charge in [-0.05, 0) is 23.8 Å². The van der Waals surface area contributed by atoms with Gasteiger partial charge in [0.15, 0.2) is 0 Å². The number of benzene rings is 1. The lowest BCUT2D eigenvalue weighted by Crippen LogP contribution is -1.97. The van der Waals surface area contributed by atoms with E-state index in [2.05, 4.69) is 4.98 Å². The molecule has 1 aromatic heterocycles. The van der Waals surface area contributed by atoms with Crippen LogP contribution in [0.15, 0.2) is 42.7 Å². The van der Waals surface area contributed by atoms with E-state index < -0.39 is 10.9 Å². The molecule has 1 N–H and O–H groups in total. The number of aromatic carboxylic acids is 1. The number of hydrogen-bond donors (Lipinski definition) is 1. The quantitative estimate of drug-likeness (QED) is 0.660. The first-order chi connectivity index (χ1) is 8.58. The molecule has 2 aromatic rings. The predicted molar refractivity (Wildman–Crippen MR) is 63.3 cm³/mol. The molecule has 0 fully saturated rings. The summed E-state index contributed by atoms with van der Waals surface area (Å²) >= 11 is 0. The minimum atomic E-state index is -1.06. The fourth-order valence-corrected chi connectivity index (χ4v) is 1.49. The molecule has 6 heteroatoms. The molecule has 6 nitrogen and oxygen atoms in total. The van der Waals surface area contributed by atoms with Gasteiger partial charge in [0.1, 0.15) is 0 Å². The van der Waals surface area contributed by atoms with Gasteiger partial charge in [0, 0.05) is 30.1 Å². The first kappa shape index (κ1) is 11.7. The van der Waals surface area contributed by atoms with Crippen molar-refractivity contribution in [3.8, 4) is 11.1 Å². The number of carboxylic acid groups (broad SMARTS) is 1. The molecule has 0 spiro atoms. The van der Waals surface area contributed by atoms with E-state index in [0.29, 0.717) is 11.1 Å². The van der Waals surface area contributed by atoms with Crippen LogP contribution >= 0.6 is 0 Å². The van der Waals surface area contributed by atoms with Crippen molar-refractivity contribution in [2.75, 3.05) is 0 Å². The van der Waals surface area contributed by atoms with Crippen LogP contribution in [0.3, 0.4) is 0 Å². The molecule has 0 aliphatic carbocycles. The molecular weight excluding hydrogens is 236 g/mol. The Morgan fingerprint density at radius 2 is 1.83 bits per heavy atom. The summed E-state index contributed by atoms with van der Waals surface area (Å²) in [6.45, 7) is 0. The summed E-state index contributed by atoms with van der Waals surface area (Å²) in [5.41, 5.74) is 1.34. The SMILES string of the molecule is O=C(O)c1cncc(-c2ccc([N+](=O)[O-])cc2)c1. The average molecular weight is 244 g/mol. The Bertz CT molecular complexity index is 608. The Morgan fingerprint density at radius 1 is 1.17 bits per heavy atom. The summed E-state index contributed by atoms with van der Waals surface area (Å²) in [6.07, 6.45) is 2.75. The number of nitrogens with zero attached hydrogens (tertiary/aromatic N) is 2. The average Bonchev–Trinajstić information content (AvgIpc) is 2.39. The molecule has 90 valence electrons. The van der Waals surface area contributed by atoms with Crippen LogP contribution in [-0.4, -0.2) is 21.0 Å². The molecule has 0 amide bonds. The van der Waals surface area contributed by atoms with Crippen LogP contribution in [0.2, 0.25) is 0 Å². The van der Waals surface area contributed by atoms with Crippen LogP contribution < -0.4 is 0 Å². The fraction of sp³-hybridized carbons (Fsp3) is 0. The van der Waals surface area contributed by atoms with E-state index in [1.54, 1.807) is 12.1 Å². The summed E-state index contributed by atoms with van der Waals surface area (Å²) in [4.78, 5) is 24.6. The lowest BCUT2D eigenvalue weighted by Gasteiger charge is -2.02. The topological polar surface area (TPSA) is 93.3 Å². The van der Waals surface area contributed by atoms with Crippen molar-refractivity contribution in [2.24, 2.45) is 0 Å². The van der Waals surface area contributed by atoms with E-state index in [9.17, 15) is 14.9 Å². The number of nitro groups is 1. The van der Waals surface area contributed by atoms with Gasteiger partial charge in [0.25, 0.3) is 5.69 Å². The Labute approximate surface area is 102 Å². The second-order valence-corrected chi connectivity index (χ2v) is 3.57. The number of nitro benzene ring substituents is 1. The number of aromatic nitrogens is 1. The van der Waals surface area contributed by atoms with Crippen molar-refractivity contribution in [3.63, 3.8) is 0 Å². The summed E-state index contributed by atoms with van der Waals surface area (Å²) in [7, 11) is 0. The highest BCUT2D eigenvalue weighted by molar-refractivity contribution is 5.88. The molecular formula is C12H8N2O4. The fourth-order valence-electron chi connectivity index (χ4n) is 1.49. The molecule has 0 unspecified atom stereocenters. The Morgan fingerprint density at radius 3 is 2.39 bits per heavy atom. The molecule has 1 aromatic carbocycles. The lowest BCUT2D eigenvalue weighted by molar-refractivity contribution is -0.384. The summed E-state index contributed by atoms with van der Waals surface area (Å²) in [5.74, 6) is -1.06. The lowest BCUT2D eigenvalue weighted by atomic mass is 10.1. The van der Waals surface area contributed by atoms with Gasteiger partial charge in [-0.2, -0.15) is 0 Å². The van der Waals surface area contributed by atoms with Crippen LogP contribution in [-0.2, 0) is 0 Å². The number of rotatable bonds is 3. The number of hydrogen-bond acceptors (Lipinski definition) is 4. The van der Waals surface area contributed by atoms with Crippen molar-refractivity contribution in [1.29, 1.82) is 0 Å². The number of carbonyl (C=O) groups is 1. The summed E-state index contributed by atoms with van der Waals surface area (Å²) < 4.78 is 0. The molecule has 0 saturated heterocycles. The highest BCUT2D eigenvalue weighted by Gasteiger charge is 2.08. The monoisotopic (exact) mass is 244 g/mol. The molecule has 2 rings (SSSR count). The molecule has 18 heavy (non-hydrogen) atoms. The summed E-state index contributed by atoms with van der Waals surface area (Å²) in [5, 5.41) is 19.4. The highest BCUT2D eigenvalue weighted by atomic mass is 16.6. The molecule has 1 heterocycles. The van der Waals surface area contributed by atoms with E-state index in [-0.39, 0.29) is 11.3 Å². The molecule has 0 aliphatic heterocycles. The van der Waals surface area contributed by atoms with Crippen molar-refractivity contribution < 1.29 is 14.8 Å². The third kappa shape index (κ3) is 2.32. The van der Waals surface area contributed by atoms with E-state index >= 15 is 0 Å². The second-order valence-electron chi connectivity index (χ2n) is 3.57. The first-order valence-electron chi connectivity index (χ1n) is 5.01. The van der Waals surface area contributed by atoms with E-state index in [1.807, 2.05) is 0 Å². The molecule has 0 aliphatic rings. The maximum Gasteiger partial charge on any atom is 0.337 e. The Hall–Kier alpha value is -2.76. The normalized spacial score (nSPS) is 10.0. The van der Waals surface area contributed by atoms with E-state index in [1.165, 1.54) is 30.6 Å². The Balaban J connectivity index is 2.39. The van der Waals surface area contributed by atoms with Crippen molar-refractivity contribution in [3.05, 3.63) is 58.4 Å². The maximum atomic E-state index is 10.8. The van der Waals surface area contributed by atoms with Gasteiger partial charge in [0.2, 0.25) is 0 Å². The number of carboxylic acids is 1. The first-order valence-corrected chi connectivity index (χ1v) is 5.01. The minimum absolute atomic E-state index is 0.0129. The predicted octanol–water partition coefficient (Wildman–Crippen LogP) is 2.36. The largest absolute Gasteiger partial charge is 0.478 e. The minimum Gasteiger partial charge on any atom is -0.478 e. The van der Waals surface area contributed by atoms with Gasteiger partial charge < -0.3 is 5.11 Å². The molecule has 0 radical (unpaired) electrons. The van der Waals surface area contributed by atoms with Crippen molar-refractivity contribution in [1.82, 2.24) is 4.98 Å². The molecule has 0 atom stereocenters. The second kappa shape index (κ2) is 4.62. The van der Waals surface area contributed by atoms with Gasteiger partial charge >= 0.3 is 5.97 Å². The smallest absolute Gasteiger partial charge is 0.337 e. The highest BCUT2D eigenvalue weighted by Crippen LogP contribution is 2.22. The third-order valence-corrected chi connectivity index (χ3v) is 2.40. The van der Waals surface area contributed by atoms with Crippen LogP contribution in [0.4, 0.5) is 5.69 Å². The van der Waals surface area contributed by atoms with Crippen molar-refractivity contribution in [2.45, 2.75) is 0 Å². The third-order valence-electron chi connectivity index (χ3n) is 2.40. The zero-order valence-electron chi connectivity index (χ0n) is 9.11.